The van der Waals surface area contributed by atoms with Crippen LogP contribution in [0.2, 0.25) is 0 Å². The molecule has 2 aromatic rings. The summed E-state index contributed by atoms with van der Waals surface area (Å²) >= 11 is 0. The molecular weight excluding hydrogens is 430 g/mol. The number of hydrogen-bond acceptors (Lipinski definition) is 6. The first kappa shape index (κ1) is 24.3. The molecule has 1 aliphatic heterocycles. The maximum absolute atomic E-state index is 13.3. The van der Waals surface area contributed by atoms with E-state index in [9.17, 15) is 9.90 Å². The zero-order valence-corrected chi connectivity index (χ0v) is 20.3. The van der Waals surface area contributed by atoms with Gasteiger partial charge < -0.3 is 19.3 Å². The number of fused-ring (bicyclic) bond motifs is 1. The van der Waals surface area contributed by atoms with E-state index in [1.54, 1.807) is 6.92 Å². The highest BCUT2D eigenvalue weighted by Gasteiger charge is 2.44. The summed E-state index contributed by atoms with van der Waals surface area (Å²) in [5.74, 6) is -0.0421. The Labute approximate surface area is 202 Å². The molecule has 0 radical (unpaired) electrons. The van der Waals surface area contributed by atoms with E-state index in [0.29, 0.717) is 18.8 Å². The number of carbonyl (C=O) groups is 1. The summed E-state index contributed by atoms with van der Waals surface area (Å²) < 4.78 is 17.2. The number of morpholine rings is 1. The van der Waals surface area contributed by atoms with Gasteiger partial charge in [-0.15, -0.1) is 0 Å². The van der Waals surface area contributed by atoms with Crippen molar-refractivity contribution in [3.63, 3.8) is 0 Å². The third kappa shape index (κ3) is 5.45. The molecule has 1 fully saturated rings. The zero-order chi connectivity index (χ0) is 24.1. The van der Waals surface area contributed by atoms with Gasteiger partial charge in [0.25, 0.3) is 0 Å². The van der Waals surface area contributed by atoms with Crippen molar-refractivity contribution >= 4 is 11.5 Å². The van der Waals surface area contributed by atoms with E-state index in [1.807, 2.05) is 62.4 Å². The first-order valence-electron chi connectivity index (χ1n) is 12.1. The maximum Gasteiger partial charge on any atom is 0.314 e. The van der Waals surface area contributed by atoms with Crippen LogP contribution >= 0.6 is 0 Å². The Balaban J connectivity index is 1.63. The summed E-state index contributed by atoms with van der Waals surface area (Å²) in [6.07, 6.45) is 0. The number of esters is 1. The van der Waals surface area contributed by atoms with Crippen LogP contribution in [0.5, 0.6) is 5.75 Å². The van der Waals surface area contributed by atoms with Crippen molar-refractivity contribution in [1.82, 2.24) is 4.90 Å². The van der Waals surface area contributed by atoms with Crippen molar-refractivity contribution < 1.29 is 24.1 Å². The molecule has 4 rings (SSSR count). The minimum absolute atomic E-state index is 0.136. The second-order valence-electron chi connectivity index (χ2n) is 9.44. The molecule has 0 aromatic heterocycles. The van der Waals surface area contributed by atoms with Gasteiger partial charge in [0, 0.05) is 31.1 Å². The van der Waals surface area contributed by atoms with Crippen molar-refractivity contribution in [3.05, 3.63) is 71.0 Å². The fraction of sp³-hybridized carbons (Fsp3) is 0.464. The van der Waals surface area contributed by atoms with Gasteiger partial charge in [-0.05, 0) is 41.7 Å². The predicted molar refractivity (Wildman–Crippen MR) is 132 cm³/mol. The largest absolute Gasteiger partial charge is 0.512 e. The molecule has 0 spiro atoms. The number of carbonyl (C=O) groups excluding carboxylic acids is 1. The van der Waals surface area contributed by atoms with Crippen LogP contribution in [0.25, 0.3) is 5.57 Å². The molecule has 1 N–H and O–H groups in total. The summed E-state index contributed by atoms with van der Waals surface area (Å²) in [6.45, 7) is 10.8. The molecule has 0 bridgehead atoms. The lowest BCUT2D eigenvalue weighted by Gasteiger charge is -2.26. The minimum Gasteiger partial charge on any atom is -0.512 e. The van der Waals surface area contributed by atoms with Crippen LogP contribution in [-0.4, -0.2) is 62.0 Å². The average molecular weight is 466 g/mol. The van der Waals surface area contributed by atoms with Crippen LogP contribution in [0.4, 0.5) is 0 Å². The molecule has 1 saturated heterocycles. The second kappa shape index (κ2) is 11.1. The van der Waals surface area contributed by atoms with Crippen LogP contribution in [-0.2, 0) is 14.3 Å². The number of ether oxygens (including phenoxy) is 3. The van der Waals surface area contributed by atoms with Gasteiger partial charge >= 0.3 is 5.97 Å². The number of allylic oxidation sites excluding steroid dienone is 1. The average Bonchev–Trinajstić information content (AvgIpc) is 3.18. The normalized spacial score (nSPS) is 21.9. The quantitative estimate of drug-likeness (QED) is 0.452. The smallest absolute Gasteiger partial charge is 0.314 e. The minimum atomic E-state index is -0.607. The fourth-order valence-electron chi connectivity index (χ4n) is 4.81. The first-order valence-corrected chi connectivity index (χ1v) is 12.1. The van der Waals surface area contributed by atoms with Gasteiger partial charge in [-0.25, -0.2) is 0 Å². The zero-order valence-electron chi connectivity index (χ0n) is 20.3. The lowest BCUT2D eigenvalue weighted by atomic mass is 9.84. The molecule has 2 aromatic carbocycles. The van der Waals surface area contributed by atoms with Crippen molar-refractivity contribution in [2.75, 3.05) is 46.1 Å². The van der Waals surface area contributed by atoms with Crippen molar-refractivity contribution in [2.24, 2.45) is 11.8 Å². The van der Waals surface area contributed by atoms with Gasteiger partial charge in [0.05, 0.1) is 31.5 Å². The molecule has 2 aliphatic rings. The van der Waals surface area contributed by atoms with Crippen LogP contribution in [0.1, 0.15) is 43.4 Å². The molecule has 1 heterocycles. The Kier molecular flexibility index (Phi) is 7.91. The Morgan fingerprint density at radius 1 is 1.15 bits per heavy atom. The summed E-state index contributed by atoms with van der Waals surface area (Å²) in [5.41, 5.74) is 3.49. The molecule has 0 saturated carbocycles. The molecule has 182 valence electrons. The molecular formula is C28H35NO5. The lowest BCUT2D eigenvalue weighted by Crippen LogP contribution is -2.38. The monoisotopic (exact) mass is 465 g/mol. The Hall–Kier alpha value is -2.83. The van der Waals surface area contributed by atoms with E-state index in [0.717, 1.165) is 55.3 Å². The number of rotatable bonds is 8. The molecule has 1 aliphatic carbocycles. The van der Waals surface area contributed by atoms with E-state index in [4.69, 9.17) is 14.2 Å². The van der Waals surface area contributed by atoms with Gasteiger partial charge in [0.15, 0.2) is 0 Å². The molecule has 0 amide bonds. The molecule has 34 heavy (non-hydrogen) atoms. The van der Waals surface area contributed by atoms with Gasteiger partial charge in [0.1, 0.15) is 12.4 Å². The summed E-state index contributed by atoms with van der Waals surface area (Å²) in [6, 6.07) is 15.9. The summed E-state index contributed by atoms with van der Waals surface area (Å²) in [5, 5.41) is 10.7. The number of aliphatic hydroxyl groups is 1. The summed E-state index contributed by atoms with van der Waals surface area (Å²) in [7, 11) is 0. The van der Waals surface area contributed by atoms with Crippen LogP contribution in [0.3, 0.4) is 0 Å². The van der Waals surface area contributed by atoms with Gasteiger partial charge in [-0.2, -0.15) is 0 Å². The van der Waals surface area contributed by atoms with E-state index >= 15 is 0 Å². The highest BCUT2D eigenvalue weighted by Crippen LogP contribution is 2.51. The molecule has 2 unspecified atom stereocenters. The Morgan fingerprint density at radius 2 is 1.88 bits per heavy atom. The van der Waals surface area contributed by atoms with E-state index in [-0.39, 0.29) is 23.6 Å². The van der Waals surface area contributed by atoms with Crippen LogP contribution in [0, 0.1) is 11.8 Å². The first-order chi connectivity index (χ1) is 16.5. The number of benzene rings is 2. The van der Waals surface area contributed by atoms with E-state index in [1.165, 1.54) is 0 Å². The van der Waals surface area contributed by atoms with Crippen LogP contribution in [0.15, 0.2) is 54.3 Å². The maximum atomic E-state index is 13.3. The fourth-order valence-corrected chi connectivity index (χ4v) is 4.81. The van der Waals surface area contributed by atoms with Gasteiger partial charge in [0.2, 0.25) is 0 Å². The topological polar surface area (TPSA) is 68.2 Å². The van der Waals surface area contributed by atoms with Crippen molar-refractivity contribution in [3.8, 4) is 5.75 Å². The van der Waals surface area contributed by atoms with Gasteiger partial charge in [-0.1, -0.05) is 50.2 Å². The lowest BCUT2D eigenvalue weighted by molar-refractivity contribution is -0.147. The van der Waals surface area contributed by atoms with Crippen LogP contribution < -0.4 is 4.74 Å². The highest BCUT2D eigenvalue weighted by atomic mass is 16.5. The Bertz CT molecular complexity index is 1010. The summed E-state index contributed by atoms with van der Waals surface area (Å²) in [4.78, 5) is 15.7. The third-order valence-electron chi connectivity index (χ3n) is 6.44. The molecule has 2 atom stereocenters. The molecule has 6 heteroatoms. The standard InChI is InChI=1S/C28H35NO5/c1-19(2)18-34-28(31)27-25(20(3)30)24-17-22(33-16-13-29-11-14-32-15-12-29)9-10-23(24)26(27)21-7-5-4-6-8-21/h4-10,17,19,26-27,30H,11-16,18H2,1-3H3/b25-20+. The second-order valence-corrected chi connectivity index (χ2v) is 9.44. The van der Waals surface area contributed by atoms with Gasteiger partial charge in [-0.3, -0.25) is 9.69 Å². The Morgan fingerprint density at radius 3 is 2.56 bits per heavy atom. The van der Waals surface area contributed by atoms with Crippen molar-refractivity contribution in [1.29, 1.82) is 0 Å². The highest BCUT2D eigenvalue weighted by molar-refractivity contribution is 5.95. The molecule has 6 nitrogen and oxygen atoms in total. The van der Waals surface area contributed by atoms with E-state index < -0.39 is 5.92 Å². The number of hydrogen-bond donors (Lipinski definition) is 1. The SMILES string of the molecule is C/C(O)=C1/c2cc(OCCN3CCOCC3)ccc2C(c2ccccc2)C1C(=O)OCC(C)C. The predicted octanol–water partition coefficient (Wildman–Crippen LogP) is 4.65. The van der Waals surface area contributed by atoms with E-state index in [2.05, 4.69) is 4.90 Å². The number of aliphatic hydroxyl groups excluding tert-OH is 1. The third-order valence-corrected chi connectivity index (χ3v) is 6.44. The number of nitrogens with zero attached hydrogens (tertiary/aromatic N) is 1. The van der Waals surface area contributed by atoms with Crippen molar-refractivity contribution in [2.45, 2.75) is 26.7 Å².